The molecule has 1 heterocycles. The highest BCUT2D eigenvalue weighted by molar-refractivity contribution is 6.08. The number of aryl methyl sites for hydroxylation is 2. The van der Waals surface area contributed by atoms with Crippen molar-refractivity contribution in [1.82, 2.24) is 4.98 Å². The number of hydrogen-bond donors (Lipinski definition) is 0. The molecular formula is C31H27NO3. The predicted octanol–water partition coefficient (Wildman–Crippen LogP) is 6.63. The van der Waals surface area contributed by atoms with Crippen LogP contribution in [-0.2, 0) is 17.6 Å². The van der Waals surface area contributed by atoms with Crippen molar-refractivity contribution in [3.8, 4) is 0 Å². The molecule has 4 nitrogen and oxygen atoms in total. The van der Waals surface area contributed by atoms with Crippen molar-refractivity contribution in [2.24, 2.45) is 0 Å². The molecule has 1 aromatic heterocycles. The zero-order valence-electron chi connectivity index (χ0n) is 20.0. The number of pyridine rings is 1. The summed E-state index contributed by atoms with van der Waals surface area (Å²) in [6.07, 6.45) is 4.56. The Balaban J connectivity index is 1.46. The first-order valence-electron chi connectivity index (χ1n) is 12.0. The maximum absolute atomic E-state index is 13.3. The van der Waals surface area contributed by atoms with Crippen LogP contribution in [0.15, 0.2) is 72.8 Å². The van der Waals surface area contributed by atoms with E-state index in [-0.39, 0.29) is 12.4 Å². The number of esters is 1. The molecule has 4 aromatic rings. The van der Waals surface area contributed by atoms with Gasteiger partial charge in [-0.1, -0.05) is 79.2 Å². The zero-order chi connectivity index (χ0) is 24.4. The van der Waals surface area contributed by atoms with E-state index in [1.165, 1.54) is 5.56 Å². The number of rotatable bonds is 6. The molecule has 5 rings (SSSR count). The molecule has 0 saturated carbocycles. The minimum Gasteiger partial charge on any atom is -0.454 e. The van der Waals surface area contributed by atoms with Gasteiger partial charge in [0.05, 0.1) is 16.8 Å². The molecule has 0 atom stereocenters. The Kier molecular flexibility index (Phi) is 6.28. The van der Waals surface area contributed by atoms with Crippen molar-refractivity contribution in [2.75, 3.05) is 6.61 Å². The summed E-state index contributed by atoms with van der Waals surface area (Å²) >= 11 is 0. The second-order valence-electron chi connectivity index (χ2n) is 8.96. The summed E-state index contributed by atoms with van der Waals surface area (Å²) in [5.41, 5.74) is 8.14. The van der Waals surface area contributed by atoms with Gasteiger partial charge in [0.25, 0.3) is 0 Å². The topological polar surface area (TPSA) is 56.3 Å². The molecule has 0 unspecified atom stereocenters. The number of ether oxygens (including phenoxy) is 1. The summed E-state index contributed by atoms with van der Waals surface area (Å²) in [5, 5.41) is 0.757. The van der Waals surface area contributed by atoms with Gasteiger partial charge in [0.1, 0.15) is 0 Å². The van der Waals surface area contributed by atoms with E-state index in [2.05, 4.69) is 44.2 Å². The van der Waals surface area contributed by atoms with E-state index >= 15 is 0 Å². The van der Waals surface area contributed by atoms with Gasteiger partial charge in [0, 0.05) is 10.9 Å². The van der Waals surface area contributed by atoms with Crippen LogP contribution >= 0.6 is 0 Å². The third-order valence-electron chi connectivity index (χ3n) is 6.58. The molecule has 0 radical (unpaired) electrons. The molecule has 0 fully saturated rings. The molecule has 0 spiro atoms. The number of para-hydroxylation sites is 1. The molecule has 0 saturated heterocycles. The van der Waals surface area contributed by atoms with Gasteiger partial charge in [-0.2, -0.15) is 0 Å². The molecule has 3 aromatic carbocycles. The van der Waals surface area contributed by atoms with Crippen molar-refractivity contribution < 1.29 is 14.3 Å². The van der Waals surface area contributed by atoms with Crippen LogP contribution in [0.3, 0.4) is 0 Å². The molecule has 0 bridgehead atoms. The highest BCUT2D eigenvalue weighted by atomic mass is 16.5. The van der Waals surface area contributed by atoms with E-state index in [4.69, 9.17) is 9.72 Å². The van der Waals surface area contributed by atoms with Gasteiger partial charge in [-0.25, -0.2) is 9.78 Å². The Bertz CT molecular complexity index is 1450. The predicted molar refractivity (Wildman–Crippen MR) is 140 cm³/mol. The Hall–Kier alpha value is -4.05. The number of ketones is 1. The van der Waals surface area contributed by atoms with E-state index in [0.29, 0.717) is 17.5 Å². The van der Waals surface area contributed by atoms with Gasteiger partial charge in [0.2, 0.25) is 0 Å². The van der Waals surface area contributed by atoms with E-state index in [0.717, 1.165) is 51.7 Å². The lowest BCUT2D eigenvalue weighted by atomic mass is 10.0. The van der Waals surface area contributed by atoms with Crippen LogP contribution in [0.25, 0.3) is 22.6 Å². The molecule has 0 N–H and O–H groups in total. The highest BCUT2D eigenvalue weighted by Gasteiger charge is 2.28. The first-order chi connectivity index (χ1) is 17.0. The molecule has 0 aliphatic heterocycles. The molecular weight excluding hydrogens is 434 g/mol. The summed E-state index contributed by atoms with van der Waals surface area (Å²) in [5.74, 6) is -0.689. The van der Waals surface area contributed by atoms with Crippen LogP contribution in [-0.4, -0.2) is 23.3 Å². The van der Waals surface area contributed by atoms with Crippen molar-refractivity contribution >= 4 is 34.3 Å². The first-order valence-corrected chi connectivity index (χ1v) is 12.0. The number of nitrogens with zero attached hydrogens (tertiary/aromatic N) is 1. The molecule has 35 heavy (non-hydrogen) atoms. The Morgan fingerprint density at radius 1 is 0.943 bits per heavy atom. The van der Waals surface area contributed by atoms with Crippen LogP contribution in [0, 0.1) is 6.92 Å². The van der Waals surface area contributed by atoms with E-state index in [1.807, 2.05) is 36.4 Å². The SMILES string of the molecule is CCc1ccc(C(=O)COC(=O)c2c3c(nc4ccccc24)C(=Cc2ccc(C)cc2)CC3)cc1. The third kappa shape index (κ3) is 4.65. The summed E-state index contributed by atoms with van der Waals surface area (Å²) in [7, 11) is 0. The Morgan fingerprint density at radius 3 is 2.43 bits per heavy atom. The maximum atomic E-state index is 13.3. The van der Waals surface area contributed by atoms with Crippen LogP contribution < -0.4 is 0 Å². The van der Waals surface area contributed by atoms with Crippen LogP contribution in [0.2, 0.25) is 0 Å². The van der Waals surface area contributed by atoms with Crippen molar-refractivity contribution in [3.05, 3.63) is 112 Å². The molecule has 0 amide bonds. The smallest absolute Gasteiger partial charge is 0.339 e. The second-order valence-corrected chi connectivity index (χ2v) is 8.96. The van der Waals surface area contributed by atoms with Crippen molar-refractivity contribution in [3.63, 3.8) is 0 Å². The summed E-state index contributed by atoms with van der Waals surface area (Å²) in [6.45, 7) is 3.84. The number of carbonyl (C=O) groups excluding carboxylic acids is 2. The monoisotopic (exact) mass is 461 g/mol. The number of allylic oxidation sites excluding steroid dienone is 1. The summed E-state index contributed by atoms with van der Waals surface area (Å²) < 4.78 is 5.57. The number of hydrogen-bond acceptors (Lipinski definition) is 4. The Morgan fingerprint density at radius 2 is 1.69 bits per heavy atom. The second kappa shape index (κ2) is 9.67. The average molecular weight is 462 g/mol. The van der Waals surface area contributed by atoms with E-state index in [9.17, 15) is 9.59 Å². The number of benzene rings is 3. The molecule has 1 aliphatic carbocycles. The molecule has 1 aliphatic rings. The van der Waals surface area contributed by atoms with Gasteiger partial charge in [-0.15, -0.1) is 0 Å². The molecule has 4 heteroatoms. The lowest BCUT2D eigenvalue weighted by molar-refractivity contribution is 0.0475. The summed E-state index contributed by atoms with van der Waals surface area (Å²) in [4.78, 5) is 30.9. The lowest BCUT2D eigenvalue weighted by Gasteiger charge is -2.12. The zero-order valence-corrected chi connectivity index (χ0v) is 20.0. The van der Waals surface area contributed by atoms with Gasteiger partial charge in [0.15, 0.2) is 12.4 Å². The number of fused-ring (bicyclic) bond motifs is 2. The standard InChI is InChI=1S/C31H27NO3/c1-3-21-12-14-23(15-13-21)28(33)19-35-31(34)29-25-6-4-5-7-27(25)32-30-24(16-17-26(29)30)18-22-10-8-20(2)9-11-22/h4-15,18H,3,16-17,19H2,1-2H3. The van der Waals surface area contributed by atoms with Crippen LogP contribution in [0.5, 0.6) is 0 Å². The van der Waals surface area contributed by atoms with E-state index < -0.39 is 5.97 Å². The normalized spacial score (nSPS) is 13.7. The Labute approximate surface area is 205 Å². The maximum Gasteiger partial charge on any atom is 0.339 e. The van der Waals surface area contributed by atoms with Crippen molar-refractivity contribution in [1.29, 1.82) is 0 Å². The quantitative estimate of drug-likeness (QED) is 0.239. The third-order valence-corrected chi connectivity index (χ3v) is 6.58. The number of Topliss-reactive ketones (excluding diaryl/α,β-unsaturated/α-hetero) is 1. The fourth-order valence-corrected chi connectivity index (χ4v) is 4.59. The minimum absolute atomic E-state index is 0.212. The van der Waals surface area contributed by atoms with Gasteiger partial charge < -0.3 is 4.74 Å². The van der Waals surface area contributed by atoms with Gasteiger partial charge in [-0.05, 0) is 60.6 Å². The van der Waals surface area contributed by atoms with E-state index in [1.54, 1.807) is 12.1 Å². The fourth-order valence-electron chi connectivity index (χ4n) is 4.59. The largest absolute Gasteiger partial charge is 0.454 e. The van der Waals surface area contributed by atoms with Gasteiger partial charge >= 0.3 is 5.97 Å². The number of carbonyl (C=O) groups is 2. The van der Waals surface area contributed by atoms with Gasteiger partial charge in [-0.3, -0.25) is 4.79 Å². The molecule has 174 valence electrons. The van der Waals surface area contributed by atoms with Crippen LogP contribution in [0.4, 0.5) is 0 Å². The fraction of sp³-hybridized carbons (Fsp3) is 0.194. The van der Waals surface area contributed by atoms with Crippen LogP contribution in [0.1, 0.15) is 62.0 Å². The lowest BCUT2D eigenvalue weighted by Crippen LogP contribution is -2.16. The van der Waals surface area contributed by atoms with Crippen molar-refractivity contribution in [2.45, 2.75) is 33.1 Å². The first kappa shape index (κ1) is 22.7. The number of aromatic nitrogens is 1. The highest BCUT2D eigenvalue weighted by Crippen LogP contribution is 2.37. The summed E-state index contributed by atoms with van der Waals surface area (Å²) in [6, 6.07) is 23.4. The minimum atomic E-state index is -0.477. The average Bonchev–Trinajstić information content (AvgIpc) is 3.28.